The Hall–Kier alpha value is -3.27. The van der Waals surface area contributed by atoms with Gasteiger partial charge in [-0.05, 0) is 49.2 Å². The zero-order chi connectivity index (χ0) is 21.9. The third-order valence-corrected chi connectivity index (χ3v) is 6.27. The molecule has 3 aromatic rings. The van der Waals surface area contributed by atoms with Crippen molar-refractivity contribution in [3.8, 4) is 11.5 Å². The number of unbranched alkanes of at least 4 members (excludes halogenated alkanes) is 2. The van der Waals surface area contributed by atoms with Crippen LogP contribution in [0.15, 0.2) is 77.9 Å². The number of nitrogens with zero attached hydrogens (tertiary/aromatic N) is 2. The van der Waals surface area contributed by atoms with Crippen molar-refractivity contribution >= 4 is 5.71 Å². The summed E-state index contributed by atoms with van der Waals surface area (Å²) >= 11 is 0. The average Bonchev–Trinajstić information content (AvgIpc) is 3.28. The van der Waals surface area contributed by atoms with Gasteiger partial charge in [-0.3, -0.25) is 0 Å². The van der Waals surface area contributed by atoms with Crippen molar-refractivity contribution in [3.63, 3.8) is 0 Å². The van der Waals surface area contributed by atoms with Crippen LogP contribution in [0.2, 0.25) is 0 Å². The lowest BCUT2D eigenvalue weighted by Crippen LogP contribution is -2.33. The van der Waals surface area contributed by atoms with E-state index in [0.29, 0.717) is 0 Å². The van der Waals surface area contributed by atoms with Crippen LogP contribution in [0.5, 0.6) is 11.5 Å². The van der Waals surface area contributed by atoms with Crippen molar-refractivity contribution in [2.75, 3.05) is 6.61 Å². The number of rotatable bonds is 7. The fourth-order valence-corrected chi connectivity index (χ4v) is 4.45. The molecule has 0 aliphatic carbocycles. The Morgan fingerprint density at radius 3 is 2.53 bits per heavy atom. The summed E-state index contributed by atoms with van der Waals surface area (Å²) in [4.78, 5) is 0. The number of fused-ring (bicyclic) bond motifs is 3. The molecule has 3 aromatic carbocycles. The van der Waals surface area contributed by atoms with Gasteiger partial charge in [0.25, 0.3) is 0 Å². The molecule has 0 saturated heterocycles. The van der Waals surface area contributed by atoms with Crippen LogP contribution >= 0.6 is 0 Å². The van der Waals surface area contributed by atoms with Gasteiger partial charge >= 0.3 is 0 Å². The van der Waals surface area contributed by atoms with Crippen LogP contribution in [0.25, 0.3) is 0 Å². The molecule has 5 rings (SSSR count). The molecule has 0 saturated carbocycles. The molecule has 0 aromatic heterocycles. The molecular weight excluding hydrogens is 396 g/mol. The van der Waals surface area contributed by atoms with Gasteiger partial charge in [0.1, 0.15) is 11.5 Å². The largest absolute Gasteiger partial charge is 0.494 e. The first kappa shape index (κ1) is 20.6. The maximum atomic E-state index is 6.47. The van der Waals surface area contributed by atoms with Crippen LogP contribution in [0.4, 0.5) is 0 Å². The molecule has 4 heteroatoms. The highest BCUT2D eigenvalue weighted by Crippen LogP contribution is 2.47. The van der Waals surface area contributed by atoms with Crippen molar-refractivity contribution < 1.29 is 9.47 Å². The Bertz CT molecular complexity index is 1090. The van der Waals surface area contributed by atoms with Gasteiger partial charge in [0.15, 0.2) is 0 Å². The Morgan fingerprint density at radius 2 is 1.75 bits per heavy atom. The highest BCUT2D eigenvalue weighted by Gasteiger charge is 2.40. The summed E-state index contributed by atoms with van der Waals surface area (Å²) in [6.45, 7) is 5.08. The zero-order valence-electron chi connectivity index (χ0n) is 18.8. The maximum Gasteiger partial charge on any atom is 0.213 e. The van der Waals surface area contributed by atoms with E-state index >= 15 is 0 Å². The molecule has 0 N–H and O–H groups in total. The molecule has 2 aliphatic heterocycles. The second-order valence-corrected chi connectivity index (χ2v) is 8.65. The van der Waals surface area contributed by atoms with Crippen LogP contribution < -0.4 is 9.47 Å². The number of ether oxygens (including phenoxy) is 2. The molecule has 0 bridgehead atoms. The lowest BCUT2D eigenvalue weighted by Gasteiger charge is -2.38. The van der Waals surface area contributed by atoms with Crippen molar-refractivity contribution in [2.45, 2.75) is 51.8 Å². The SMILES string of the molecule is CCCCCOc1ccc([C@H]2Oc3ccccc3[C@@H]3CC(c4ccc(C)cc4)=NN23)cc1. The summed E-state index contributed by atoms with van der Waals surface area (Å²) in [5.74, 6) is 1.85. The molecule has 4 nitrogen and oxygen atoms in total. The van der Waals surface area contributed by atoms with E-state index in [1.807, 2.05) is 18.2 Å². The van der Waals surface area contributed by atoms with Gasteiger partial charge < -0.3 is 9.47 Å². The van der Waals surface area contributed by atoms with E-state index in [0.717, 1.165) is 42.2 Å². The second kappa shape index (κ2) is 9.07. The Morgan fingerprint density at radius 1 is 0.969 bits per heavy atom. The second-order valence-electron chi connectivity index (χ2n) is 8.65. The Kier molecular flexibility index (Phi) is 5.85. The topological polar surface area (TPSA) is 34.1 Å². The lowest BCUT2D eigenvalue weighted by atomic mass is 9.95. The molecule has 2 aliphatic rings. The first-order valence-electron chi connectivity index (χ1n) is 11.6. The van der Waals surface area contributed by atoms with Crippen LogP contribution in [-0.2, 0) is 0 Å². The van der Waals surface area contributed by atoms with Gasteiger partial charge in [-0.25, -0.2) is 5.01 Å². The summed E-state index contributed by atoms with van der Waals surface area (Å²) < 4.78 is 12.4. The third kappa shape index (κ3) is 4.10. The summed E-state index contributed by atoms with van der Waals surface area (Å²) in [6, 6.07) is 25.4. The maximum absolute atomic E-state index is 6.47. The van der Waals surface area contributed by atoms with Crippen LogP contribution in [0.1, 0.15) is 67.1 Å². The molecule has 0 radical (unpaired) electrons. The number of para-hydroxylation sites is 1. The minimum Gasteiger partial charge on any atom is -0.494 e. The van der Waals surface area contributed by atoms with Crippen LogP contribution in [0, 0.1) is 6.92 Å². The first-order chi connectivity index (χ1) is 15.7. The monoisotopic (exact) mass is 426 g/mol. The van der Waals surface area contributed by atoms with Crippen LogP contribution in [0.3, 0.4) is 0 Å². The molecule has 0 unspecified atom stereocenters. The third-order valence-electron chi connectivity index (χ3n) is 6.27. The predicted octanol–water partition coefficient (Wildman–Crippen LogP) is 6.81. The smallest absolute Gasteiger partial charge is 0.213 e. The quantitative estimate of drug-likeness (QED) is 0.389. The summed E-state index contributed by atoms with van der Waals surface area (Å²) in [7, 11) is 0. The zero-order valence-corrected chi connectivity index (χ0v) is 18.8. The van der Waals surface area contributed by atoms with E-state index in [2.05, 4.69) is 73.5 Å². The normalized spacial score (nSPS) is 19.1. The fraction of sp³-hybridized carbons (Fsp3) is 0.321. The summed E-state index contributed by atoms with van der Waals surface area (Å²) in [5.41, 5.74) is 5.83. The average molecular weight is 427 g/mol. The number of hydrazone groups is 1. The van der Waals surface area contributed by atoms with Gasteiger partial charge in [-0.2, -0.15) is 5.10 Å². The lowest BCUT2D eigenvalue weighted by molar-refractivity contribution is -0.0190. The molecule has 0 spiro atoms. The van der Waals surface area contributed by atoms with Crippen LogP contribution in [-0.4, -0.2) is 17.3 Å². The molecule has 0 amide bonds. The van der Waals surface area contributed by atoms with E-state index in [9.17, 15) is 0 Å². The molecule has 2 atom stereocenters. The number of hydrogen-bond donors (Lipinski definition) is 0. The van der Waals surface area contributed by atoms with E-state index in [1.165, 1.54) is 29.5 Å². The molecule has 164 valence electrons. The molecule has 2 heterocycles. The Labute approximate surface area is 190 Å². The minimum atomic E-state index is -0.257. The number of aryl methyl sites for hydroxylation is 1. The van der Waals surface area contributed by atoms with Gasteiger partial charge in [0, 0.05) is 17.5 Å². The van der Waals surface area contributed by atoms with Crippen molar-refractivity contribution in [2.24, 2.45) is 5.10 Å². The molecular formula is C28H30N2O2. The first-order valence-corrected chi connectivity index (χ1v) is 11.6. The van der Waals surface area contributed by atoms with E-state index in [4.69, 9.17) is 14.6 Å². The summed E-state index contributed by atoms with van der Waals surface area (Å²) in [5, 5.41) is 7.19. The standard InChI is InChI=1S/C28H30N2O2/c1-3-4-7-18-31-23-16-14-22(15-17-23)28-30-26(24-8-5-6-9-27(24)32-28)19-25(29-30)21-12-10-20(2)11-13-21/h5-6,8-17,26,28H,3-4,7,18-19H2,1-2H3/t26-,28+/m0/s1. The van der Waals surface area contributed by atoms with Gasteiger partial charge in [0.2, 0.25) is 6.23 Å². The highest BCUT2D eigenvalue weighted by molar-refractivity contribution is 6.02. The van der Waals surface area contributed by atoms with E-state index in [-0.39, 0.29) is 12.3 Å². The van der Waals surface area contributed by atoms with E-state index < -0.39 is 0 Å². The van der Waals surface area contributed by atoms with Gasteiger partial charge in [0.05, 0.1) is 18.4 Å². The highest BCUT2D eigenvalue weighted by atomic mass is 16.5. The van der Waals surface area contributed by atoms with E-state index in [1.54, 1.807) is 0 Å². The van der Waals surface area contributed by atoms with Crippen molar-refractivity contribution in [3.05, 3.63) is 95.1 Å². The van der Waals surface area contributed by atoms with Crippen molar-refractivity contribution in [1.82, 2.24) is 5.01 Å². The molecule has 32 heavy (non-hydrogen) atoms. The van der Waals surface area contributed by atoms with Gasteiger partial charge in [-0.1, -0.05) is 67.8 Å². The fourth-order valence-electron chi connectivity index (χ4n) is 4.45. The van der Waals surface area contributed by atoms with Crippen molar-refractivity contribution in [1.29, 1.82) is 0 Å². The van der Waals surface area contributed by atoms with Gasteiger partial charge in [-0.15, -0.1) is 0 Å². The minimum absolute atomic E-state index is 0.172. The number of hydrogen-bond acceptors (Lipinski definition) is 4. The molecule has 0 fully saturated rings. The predicted molar refractivity (Wildman–Crippen MR) is 128 cm³/mol. The Balaban J connectivity index is 1.42. The number of benzene rings is 3. The summed E-state index contributed by atoms with van der Waals surface area (Å²) in [6.07, 6.45) is 4.10.